The number of nitrogens with zero attached hydrogens (tertiary/aromatic N) is 1. The first kappa shape index (κ1) is 16.7. The number of aromatic nitrogens is 2. The lowest BCUT2D eigenvalue weighted by Gasteiger charge is -2.01. The van der Waals surface area contributed by atoms with E-state index < -0.39 is 0 Å². The maximum Gasteiger partial charge on any atom is 0.111 e. The van der Waals surface area contributed by atoms with Gasteiger partial charge in [0, 0.05) is 27.7 Å². The maximum absolute atomic E-state index is 6.09. The van der Waals surface area contributed by atoms with E-state index in [1.807, 2.05) is 31.2 Å². The number of aryl methyl sites for hydroxylation is 1. The van der Waals surface area contributed by atoms with Crippen LogP contribution in [0.4, 0.5) is 0 Å². The number of benzene rings is 2. The molecule has 0 unspecified atom stereocenters. The molecule has 0 aliphatic carbocycles. The summed E-state index contributed by atoms with van der Waals surface area (Å²) in [5.41, 5.74) is 3.73. The van der Waals surface area contributed by atoms with Crippen molar-refractivity contribution >= 4 is 46.4 Å². The molecule has 1 heterocycles. The fourth-order valence-corrected chi connectivity index (χ4v) is 3.31. The Bertz CT molecular complexity index is 851. The smallest absolute Gasteiger partial charge is 0.111 e. The first-order valence-electron chi connectivity index (χ1n) is 6.88. The van der Waals surface area contributed by atoms with Gasteiger partial charge in [-0.2, -0.15) is 0 Å². The van der Waals surface area contributed by atoms with Crippen molar-refractivity contribution in [1.29, 1.82) is 0 Å². The Morgan fingerprint density at radius 1 is 0.913 bits per heavy atom. The van der Waals surface area contributed by atoms with Crippen molar-refractivity contribution in [2.24, 2.45) is 0 Å². The Kier molecular flexibility index (Phi) is 4.88. The van der Waals surface area contributed by atoms with Gasteiger partial charge in [0.25, 0.3) is 0 Å². The number of imidazole rings is 1. The molecule has 2 nitrogen and oxygen atoms in total. The van der Waals surface area contributed by atoms with Gasteiger partial charge in [-0.25, -0.2) is 4.98 Å². The van der Waals surface area contributed by atoms with Gasteiger partial charge in [0.05, 0.1) is 15.7 Å². The van der Waals surface area contributed by atoms with E-state index in [1.54, 1.807) is 12.1 Å². The third-order valence-electron chi connectivity index (χ3n) is 3.42. The molecule has 0 bridgehead atoms. The zero-order chi connectivity index (χ0) is 16.6. The minimum atomic E-state index is 0.509. The number of rotatable bonds is 3. The zero-order valence-electron chi connectivity index (χ0n) is 12.1. The molecule has 6 heteroatoms. The van der Waals surface area contributed by atoms with Crippen LogP contribution in [0.3, 0.4) is 0 Å². The molecule has 1 N–H and O–H groups in total. The van der Waals surface area contributed by atoms with Crippen molar-refractivity contribution in [2.45, 2.75) is 13.3 Å². The van der Waals surface area contributed by atoms with E-state index in [4.69, 9.17) is 46.4 Å². The normalized spacial score (nSPS) is 11.0. The van der Waals surface area contributed by atoms with Crippen molar-refractivity contribution in [3.8, 4) is 11.3 Å². The average molecular weight is 386 g/mol. The average Bonchev–Trinajstić information content (AvgIpc) is 2.81. The first-order chi connectivity index (χ1) is 10.9. The second-order valence-corrected chi connectivity index (χ2v) is 6.93. The molecule has 0 saturated carbocycles. The van der Waals surface area contributed by atoms with Crippen molar-refractivity contribution in [1.82, 2.24) is 9.97 Å². The molecule has 3 rings (SSSR count). The van der Waals surface area contributed by atoms with Gasteiger partial charge in [0.1, 0.15) is 5.82 Å². The standard InChI is InChI=1S/C17H12Cl4N2/c1-9-17(11-2-3-14(20)15(21)7-11)23-16(22-9)6-10-4-12(18)8-13(19)5-10/h2-5,7-8H,6H2,1H3,(H,22,23). The fraction of sp³-hybridized carbons (Fsp3) is 0.118. The summed E-state index contributed by atoms with van der Waals surface area (Å²) in [4.78, 5) is 7.95. The number of hydrogen-bond acceptors (Lipinski definition) is 1. The summed E-state index contributed by atoms with van der Waals surface area (Å²) in [7, 11) is 0. The summed E-state index contributed by atoms with van der Waals surface area (Å²) in [5.74, 6) is 0.835. The summed E-state index contributed by atoms with van der Waals surface area (Å²) in [6, 6.07) is 10.9. The zero-order valence-corrected chi connectivity index (χ0v) is 15.2. The van der Waals surface area contributed by atoms with Gasteiger partial charge in [0.2, 0.25) is 0 Å². The van der Waals surface area contributed by atoms with Gasteiger partial charge in [-0.15, -0.1) is 0 Å². The predicted molar refractivity (Wildman–Crippen MR) is 98.0 cm³/mol. The van der Waals surface area contributed by atoms with Crippen LogP contribution < -0.4 is 0 Å². The molecule has 2 aromatic carbocycles. The second-order valence-electron chi connectivity index (χ2n) is 5.24. The summed E-state index contributed by atoms with van der Waals surface area (Å²) < 4.78 is 0. The largest absolute Gasteiger partial charge is 0.345 e. The van der Waals surface area contributed by atoms with Crippen molar-refractivity contribution in [3.05, 3.63) is 73.6 Å². The lowest BCUT2D eigenvalue weighted by molar-refractivity contribution is 1.02. The maximum atomic E-state index is 6.09. The molecule has 0 amide bonds. The van der Waals surface area contributed by atoms with E-state index >= 15 is 0 Å². The summed E-state index contributed by atoms with van der Waals surface area (Å²) in [6.45, 7) is 1.97. The number of halogens is 4. The summed E-state index contributed by atoms with van der Waals surface area (Å²) in [5, 5.41) is 2.26. The Morgan fingerprint density at radius 2 is 1.61 bits per heavy atom. The van der Waals surface area contributed by atoms with Crippen LogP contribution in [0.15, 0.2) is 36.4 Å². The van der Waals surface area contributed by atoms with Crippen LogP contribution in [-0.4, -0.2) is 9.97 Å². The van der Waals surface area contributed by atoms with E-state index in [9.17, 15) is 0 Å². The molecule has 0 aliphatic rings. The van der Waals surface area contributed by atoms with Crippen LogP contribution >= 0.6 is 46.4 Å². The fourth-order valence-electron chi connectivity index (χ4n) is 2.44. The highest BCUT2D eigenvalue weighted by molar-refractivity contribution is 6.42. The quantitative estimate of drug-likeness (QED) is 0.541. The Hall–Kier alpha value is -1.19. The monoisotopic (exact) mass is 384 g/mol. The molecular formula is C17H12Cl4N2. The van der Waals surface area contributed by atoms with Crippen LogP contribution in [0.25, 0.3) is 11.3 Å². The Morgan fingerprint density at radius 3 is 2.26 bits per heavy atom. The topological polar surface area (TPSA) is 28.7 Å². The van der Waals surface area contributed by atoms with Crippen LogP contribution in [0.1, 0.15) is 17.1 Å². The molecular weight excluding hydrogens is 374 g/mol. The van der Waals surface area contributed by atoms with E-state index in [0.29, 0.717) is 26.5 Å². The molecule has 3 aromatic rings. The summed E-state index contributed by atoms with van der Waals surface area (Å²) in [6.07, 6.45) is 0.614. The Labute approximate surface area is 154 Å². The molecule has 0 radical (unpaired) electrons. The third-order valence-corrected chi connectivity index (χ3v) is 4.60. The van der Waals surface area contributed by atoms with Gasteiger partial charge in [-0.05, 0) is 42.8 Å². The third kappa shape index (κ3) is 3.84. The van der Waals surface area contributed by atoms with E-state index in [1.165, 1.54) is 0 Å². The molecule has 0 spiro atoms. The molecule has 0 saturated heterocycles. The van der Waals surface area contributed by atoms with Crippen LogP contribution in [0, 0.1) is 6.92 Å². The molecule has 0 atom stereocenters. The SMILES string of the molecule is Cc1[nH]c(Cc2cc(Cl)cc(Cl)c2)nc1-c1ccc(Cl)c(Cl)c1. The predicted octanol–water partition coefficient (Wildman–Crippen LogP) is 6.59. The Balaban J connectivity index is 1.92. The van der Waals surface area contributed by atoms with E-state index in [2.05, 4.69) is 9.97 Å². The number of aromatic amines is 1. The molecule has 1 aromatic heterocycles. The lowest BCUT2D eigenvalue weighted by Crippen LogP contribution is -1.91. The molecule has 0 aliphatic heterocycles. The number of nitrogens with one attached hydrogen (secondary N) is 1. The van der Waals surface area contributed by atoms with Crippen LogP contribution in [0.2, 0.25) is 20.1 Å². The van der Waals surface area contributed by atoms with Crippen LogP contribution in [0.5, 0.6) is 0 Å². The van der Waals surface area contributed by atoms with Gasteiger partial charge >= 0.3 is 0 Å². The van der Waals surface area contributed by atoms with Gasteiger partial charge in [-0.3, -0.25) is 0 Å². The van der Waals surface area contributed by atoms with Gasteiger partial charge < -0.3 is 4.98 Å². The lowest BCUT2D eigenvalue weighted by atomic mass is 10.1. The van der Waals surface area contributed by atoms with Crippen molar-refractivity contribution in [3.63, 3.8) is 0 Å². The van der Waals surface area contributed by atoms with Gasteiger partial charge in [0.15, 0.2) is 0 Å². The first-order valence-corrected chi connectivity index (χ1v) is 8.39. The molecule has 23 heavy (non-hydrogen) atoms. The molecule has 0 fully saturated rings. The number of H-pyrrole nitrogens is 1. The number of hydrogen-bond donors (Lipinski definition) is 1. The van der Waals surface area contributed by atoms with Crippen molar-refractivity contribution in [2.75, 3.05) is 0 Å². The van der Waals surface area contributed by atoms with Gasteiger partial charge in [-0.1, -0.05) is 52.5 Å². The minimum Gasteiger partial charge on any atom is -0.345 e. The highest BCUT2D eigenvalue weighted by atomic mass is 35.5. The highest BCUT2D eigenvalue weighted by Crippen LogP contribution is 2.29. The van der Waals surface area contributed by atoms with Crippen LogP contribution in [-0.2, 0) is 6.42 Å². The van der Waals surface area contributed by atoms with E-state index in [0.717, 1.165) is 28.3 Å². The summed E-state index contributed by atoms with van der Waals surface area (Å²) >= 11 is 24.1. The minimum absolute atomic E-state index is 0.509. The molecule has 118 valence electrons. The van der Waals surface area contributed by atoms with E-state index in [-0.39, 0.29) is 0 Å². The second kappa shape index (κ2) is 6.74. The highest BCUT2D eigenvalue weighted by Gasteiger charge is 2.11. The van der Waals surface area contributed by atoms with Crippen molar-refractivity contribution < 1.29 is 0 Å².